The predicted octanol–water partition coefficient (Wildman–Crippen LogP) is 9.59. The molecule has 4 aliphatic rings. The SMILES string of the molecule is CCCOC1(C)CCC2(C)C3CCC4(C)C(CCC4[C@H](C)CC/C=C(\C)C(=O)OCC)C3C(OC(=O)c3ccccc3)C[C@H]2C1. The summed E-state index contributed by atoms with van der Waals surface area (Å²) >= 11 is 0. The van der Waals surface area contributed by atoms with E-state index in [-0.39, 0.29) is 34.5 Å². The molecule has 5 nitrogen and oxygen atoms in total. The lowest BCUT2D eigenvalue weighted by Crippen LogP contribution is -2.60. The molecule has 0 N–H and O–H groups in total. The lowest BCUT2D eigenvalue weighted by molar-refractivity contribution is -0.195. The minimum atomic E-state index is -0.198. The van der Waals surface area contributed by atoms with Crippen LogP contribution in [0.5, 0.6) is 0 Å². The topological polar surface area (TPSA) is 61.8 Å². The van der Waals surface area contributed by atoms with Crippen molar-refractivity contribution in [3.63, 3.8) is 0 Å². The molecule has 250 valence electrons. The van der Waals surface area contributed by atoms with Gasteiger partial charge in [0.25, 0.3) is 0 Å². The number of carbonyl (C=O) groups excluding carboxylic acids is 2. The van der Waals surface area contributed by atoms with Crippen LogP contribution in [0.1, 0.15) is 129 Å². The highest BCUT2D eigenvalue weighted by atomic mass is 16.5. The van der Waals surface area contributed by atoms with Gasteiger partial charge in [-0.15, -0.1) is 0 Å². The molecule has 0 amide bonds. The summed E-state index contributed by atoms with van der Waals surface area (Å²) in [5, 5.41) is 0. The number of esters is 2. The van der Waals surface area contributed by atoms with Crippen molar-refractivity contribution in [2.75, 3.05) is 13.2 Å². The average molecular weight is 621 g/mol. The third-order valence-electron chi connectivity index (χ3n) is 13.3. The summed E-state index contributed by atoms with van der Waals surface area (Å²) in [7, 11) is 0. The lowest BCUT2D eigenvalue weighted by Gasteiger charge is -2.64. The highest BCUT2D eigenvalue weighted by Crippen LogP contribution is 2.69. The van der Waals surface area contributed by atoms with E-state index >= 15 is 0 Å². The van der Waals surface area contributed by atoms with Crippen LogP contribution in [0, 0.1) is 46.3 Å². The number of rotatable bonds is 11. The third-order valence-corrected chi connectivity index (χ3v) is 13.3. The smallest absolute Gasteiger partial charge is 0.338 e. The molecule has 4 saturated carbocycles. The van der Waals surface area contributed by atoms with Crippen LogP contribution < -0.4 is 0 Å². The summed E-state index contributed by atoms with van der Waals surface area (Å²) in [5.41, 5.74) is 1.80. The molecular formula is C40H60O5. The molecule has 5 rings (SSSR count). The fourth-order valence-corrected chi connectivity index (χ4v) is 10.8. The zero-order chi connectivity index (χ0) is 32.4. The molecule has 4 aliphatic carbocycles. The number of carbonyl (C=O) groups is 2. The molecule has 10 atom stereocenters. The largest absolute Gasteiger partial charge is 0.463 e. The molecule has 0 spiro atoms. The molecule has 0 aromatic heterocycles. The molecule has 0 heterocycles. The number of benzene rings is 1. The van der Waals surface area contributed by atoms with Crippen LogP contribution >= 0.6 is 0 Å². The second-order valence-electron chi connectivity index (χ2n) is 15.9. The Bertz CT molecular complexity index is 1210. The number of hydrogen-bond donors (Lipinski definition) is 0. The Morgan fingerprint density at radius 2 is 1.71 bits per heavy atom. The minimum Gasteiger partial charge on any atom is -0.463 e. The van der Waals surface area contributed by atoms with Gasteiger partial charge in [-0.25, -0.2) is 9.59 Å². The second-order valence-corrected chi connectivity index (χ2v) is 15.9. The zero-order valence-electron chi connectivity index (χ0n) is 29.2. The Kier molecular flexibility index (Phi) is 10.6. The Morgan fingerprint density at radius 1 is 0.978 bits per heavy atom. The van der Waals surface area contributed by atoms with E-state index in [1.807, 2.05) is 44.2 Å². The van der Waals surface area contributed by atoms with E-state index in [0.717, 1.165) is 50.7 Å². The van der Waals surface area contributed by atoms with Crippen molar-refractivity contribution in [3.8, 4) is 0 Å². The summed E-state index contributed by atoms with van der Waals surface area (Å²) in [6.07, 6.45) is 14.3. The number of ether oxygens (including phenoxy) is 3. The van der Waals surface area contributed by atoms with Crippen molar-refractivity contribution >= 4 is 11.9 Å². The molecule has 4 fully saturated rings. The summed E-state index contributed by atoms with van der Waals surface area (Å²) in [6.45, 7) is 17.1. The molecule has 0 radical (unpaired) electrons. The van der Waals surface area contributed by atoms with E-state index in [4.69, 9.17) is 14.2 Å². The van der Waals surface area contributed by atoms with Crippen molar-refractivity contribution in [1.82, 2.24) is 0 Å². The molecule has 45 heavy (non-hydrogen) atoms. The van der Waals surface area contributed by atoms with Gasteiger partial charge in [-0.2, -0.15) is 0 Å². The Labute approximate surface area is 273 Å². The van der Waals surface area contributed by atoms with Crippen molar-refractivity contribution in [3.05, 3.63) is 47.5 Å². The van der Waals surface area contributed by atoms with Crippen LogP contribution in [-0.2, 0) is 19.0 Å². The van der Waals surface area contributed by atoms with Gasteiger partial charge in [0, 0.05) is 18.1 Å². The van der Waals surface area contributed by atoms with E-state index in [9.17, 15) is 9.59 Å². The molecule has 0 saturated heterocycles. The molecule has 8 unspecified atom stereocenters. The maximum atomic E-state index is 13.6. The first-order valence-electron chi connectivity index (χ1n) is 18.2. The highest BCUT2D eigenvalue weighted by molar-refractivity contribution is 5.89. The van der Waals surface area contributed by atoms with Crippen LogP contribution in [0.3, 0.4) is 0 Å². The molecule has 1 aromatic carbocycles. The van der Waals surface area contributed by atoms with Gasteiger partial charge < -0.3 is 14.2 Å². The summed E-state index contributed by atoms with van der Waals surface area (Å²) in [5.74, 6) is 2.90. The number of fused-ring (bicyclic) bond motifs is 5. The Hall–Kier alpha value is -2.14. The van der Waals surface area contributed by atoms with E-state index in [1.54, 1.807) is 0 Å². The van der Waals surface area contributed by atoms with E-state index < -0.39 is 0 Å². The molecular weight excluding hydrogens is 560 g/mol. The van der Waals surface area contributed by atoms with Crippen molar-refractivity contribution in [2.24, 2.45) is 46.3 Å². The van der Waals surface area contributed by atoms with Gasteiger partial charge >= 0.3 is 11.9 Å². The maximum Gasteiger partial charge on any atom is 0.338 e. The van der Waals surface area contributed by atoms with Crippen LogP contribution in [-0.4, -0.2) is 36.9 Å². The first-order valence-corrected chi connectivity index (χ1v) is 18.2. The summed E-state index contributed by atoms with van der Waals surface area (Å²) in [4.78, 5) is 25.7. The van der Waals surface area contributed by atoms with Gasteiger partial charge in [-0.1, -0.05) is 52.0 Å². The van der Waals surface area contributed by atoms with Crippen molar-refractivity contribution in [1.29, 1.82) is 0 Å². The zero-order valence-corrected chi connectivity index (χ0v) is 29.2. The van der Waals surface area contributed by atoms with Gasteiger partial charge in [-0.05, 0) is 144 Å². The Balaban J connectivity index is 1.38. The van der Waals surface area contributed by atoms with Gasteiger partial charge in [0.1, 0.15) is 6.10 Å². The quantitative estimate of drug-likeness (QED) is 0.182. The van der Waals surface area contributed by atoms with Crippen LogP contribution in [0.15, 0.2) is 42.0 Å². The number of allylic oxidation sites excluding steroid dienone is 1. The monoisotopic (exact) mass is 620 g/mol. The third kappa shape index (κ3) is 6.81. The normalized spacial score (nSPS) is 38.4. The minimum absolute atomic E-state index is 0.0526. The molecule has 1 aromatic rings. The van der Waals surface area contributed by atoms with E-state index in [1.165, 1.54) is 32.1 Å². The molecule has 0 bridgehead atoms. The first kappa shape index (κ1) is 34.2. The summed E-state index contributed by atoms with van der Waals surface area (Å²) in [6, 6.07) is 9.59. The van der Waals surface area contributed by atoms with Crippen molar-refractivity contribution in [2.45, 2.75) is 131 Å². The first-order chi connectivity index (χ1) is 21.5. The number of hydrogen-bond acceptors (Lipinski definition) is 5. The van der Waals surface area contributed by atoms with E-state index in [2.05, 4.69) is 40.7 Å². The van der Waals surface area contributed by atoms with Crippen LogP contribution in [0.4, 0.5) is 0 Å². The molecule has 0 aliphatic heterocycles. The van der Waals surface area contributed by atoms with Crippen molar-refractivity contribution < 1.29 is 23.8 Å². The van der Waals surface area contributed by atoms with Gasteiger partial charge in [-0.3, -0.25) is 0 Å². The lowest BCUT2D eigenvalue weighted by atomic mass is 9.43. The van der Waals surface area contributed by atoms with Crippen LogP contribution in [0.2, 0.25) is 0 Å². The highest BCUT2D eigenvalue weighted by Gasteiger charge is 2.64. The van der Waals surface area contributed by atoms with Gasteiger partial charge in [0.2, 0.25) is 0 Å². The fourth-order valence-electron chi connectivity index (χ4n) is 10.8. The fraction of sp³-hybridized carbons (Fsp3) is 0.750. The van der Waals surface area contributed by atoms with Gasteiger partial charge in [0.05, 0.1) is 17.8 Å². The summed E-state index contributed by atoms with van der Waals surface area (Å²) < 4.78 is 18.3. The predicted molar refractivity (Wildman–Crippen MR) is 180 cm³/mol. The maximum absolute atomic E-state index is 13.6. The van der Waals surface area contributed by atoms with Gasteiger partial charge in [0.15, 0.2) is 0 Å². The van der Waals surface area contributed by atoms with E-state index in [0.29, 0.717) is 47.7 Å². The molecule has 5 heteroatoms. The average Bonchev–Trinajstić information content (AvgIpc) is 3.38. The van der Waals surface area contributed by atoms with Crippen LogP contribution in [0.25, 0.3) is 0 Å². The second kappa shape index (κ2) is 13.9. The Morgan fingerprint density at radius 3 is 2.42 bits per heavy atom. The standard InChI is InChI=1S/C40H60O5/c1-8-24-44-38(5)22-23-39(6)30(26-38)25-34(45-37(42)29-16-11-10-12-17-29)35-32-19-18-31(40(32,7)21-20-33(35)39)27(3)14-13-15-28(4)36(41)43-9-2/h10-12,15-17,27,30-35H,8-9,13-14,18-26H2,1-7H3/b28-15+/t27-,30+,31?,32?,33?,34?,35?,38?,39?,40?/m1/s1.